The van der Waals surface area contributed by atoms with Gasteiger partial charge in [0, 0.05) is 30.0 Å². The minimum atomic E-state index is 0.0927. The van der Waals surface area contributed by atoms with Crippen LogP contribution in [-0.2, 0) is 0 Å². The number of hydrogen-bond acceptors (Lipinski definition) is 5. The molecule has 110 valence electrons. The second kappa shape index (κ2) is 5.20. The first-order valence-electron chi connectivity index (χ1n) is 7.64. The molecule has 0 atom stereocenters. The molecule has 5 nitrogen and oxygen atoms in total. The van der Waals surface area contributed by atoms with E-state index in [9.17, 15) is 5.11 Å². The van der Waals surface area contributed by atoms with Gasteiger partial charge in [-0.1, -0.05) is 0 Å². The first-order valence-corrected chi connectivity index (χ1v) is 7.64. The van der Waals surface area contributed by atoms with Gasteiger partial charge >= 0.3 is 0 Å². The molecule has 0 aromatic carbocycles. The Labute approximate surface area is 120 Å². The lowest BCUT2D eigenvalue weighted by atomic mass is 10.1. The molecule has 2 aliphatic carbocycles. The molecular weight excluding hydrogens is 252 g/mol. The Hall–Kier alpha value is -1.36. The standard InChI is InChI=1S/C15H24N4O/c1-3-16-12-10(2)13(17-8-15(9-20)6-7-15)19-14(18-12)11-4-5-11/h11,20H,3-9H2,1-2H3,(H2,16,17,18,19). The van der Waals surface area contributed by atoms with E-state index in [1.54, 1.807) is 0 Å². The molecule has 0 saturated heterocycles. The summed E-state index contributed by atoms with van der Waals surface area (Å²) >= 11 is 0. The van der Waals surface area contributed by atoms with Gasteiger partial charge < -0.3 is 15.7 Å². The van der Waals surface area contributed by atoms with Crippen molar-refractivity contribution in [3.05, 3.63) is 11.4 Å². The zero-order chi connectivity index (χ0) is 14.2. The van der Waals surface area contributed by atoms with E-state index in [0.29, 0.717) is 5.92 Å². The fourth-order valence-corrected chi connectivity index (χ4v) is 2.41. The lowest BCUT2D eigenvalue weighted by Gasteiger charge is -2.17. The van der Waals surface area contributed by atoms with E-state index >= 15 is 0 Å². The predicted octanol–water partition coefficient (Wildman–Crippen LogP) is 2.28. The van der Waals surface area contributed by atoms with Crippen LogP contribution in [0.15, 0.2) is 0 Å². The van der Waals surface area contributed by atoms with Crippen molar-refractivity contribution in [3.8, 4) is 0 Å². The van der Waals surface area contributed by atoms with E-state index in [0.717, 1.165) is 49.0 Å². The first-order chi connectivity index (χ1) is 9.67. The topological polar surface area (TPSA) is 70.1 Å². The fraction of sp³-hybridized carbons (Fsp3) is 0.733. The van der Waals surface area contributed by atoms with Gasteiger partial charge in [-0.25, -0.2) is 9.97 Å². The zero-order valence-corrected chi connectivity index (χ0v) is 12.4. The van der Waals surface area contributed by atoms with Gasteiger partial charge in [0.25, 0.3) is 0 Å². The molecule has 0 radical (unpaired) electrons. The van der Waals surface area contributed by atoms with E-state index < -0.39 is 0 Å². The molecule has 0 amide bonds. The van der Waals surface area contributed by atoms with Gasteiger partial charge in [-0.3, -0.25) is 0 Å². The van der Waals surface area contributed by atoms with Gasteiger partial charge in [0.15, 0.2) is 0 Å². The molecule has 3 rings (SSSR count). The predicted molar refractivity (Wildman–Crippen MR) is 80.2 cm³/mol. The molecule has 2 saturated carbocycles. The highest BCUT2D eigenvalue weighted by Crippen LogP contribution is 2.45. The average molecular weight is 276 g/mol. The molecule has 2 aliphatic rings. The first kappa shape index (κ1) is 13.6. The number of aromatic nitrogens is 2. The SMILES string of the molecule is CCNc1nc(C2CC2)nc(NCC2(CO)CC2)c1C. The summed E-state index contributed by atoms with van der Waals surface area (Å²) in [7, 11) is 0. The van der Waals surface area contributed by atoms with E-state index in [2.05, 4.69) is 29.5 Å². The van der Waals surface area contributed by atoms with Crippen molar-refractivity contribution < 1.29 is 5.11 Å². The summed E-state index contributed by atoms with van der Waals surface area (Å²) in [6, 6.07) is 0. The zero-order valence-electron chi connectivity index (χ0n) is 12.4. The quantitative estimate of drug-likeness (QED) is 0.713. The molecule has 1 aromatic rings. The van der Waals surface area contributed by atoms with Crippen LogP contribution in [0.2, 0.25) is 0 Å². The van der Waals surface area contributed by atoms with Crippen LogP contribution in [-0.4, -0.2) is 34.8 Å². The van der Waals surface area contributed by atoms with Gasteiger partial charge in [0.2, 0.25) is 0 Å². The second-order valence-corrected chi connectivity index (χ2v) is 6.22. The average Bonchev–Trinajstić information content (AvgIpc) is 3.34. The smallest absolute Gasteiger partial charge is 0.136 e. The molecule has 0 aliphatic heterocycles. The number of aliphatic hydroxyl groups is 1. The largest absolute Gasteiger partial charge is 0.396 e. The normalized spacial score (nSPS) is 19.8. The highest BCUT2D eigenvalue weighted by atomic mass is 16.3. The summed E-state index contributed by atoms with van der Waals surface area (Å²) in [5.74, 6) is 3.38. The van der Waals surface area contributed by atoms with E-state index in [1.165, 1.54) is 12.8 Å². The second-order valence-electron chi connectivity index (χ2n) is 6.22. The van der Waals surface area contributed by atoms with Crippen LogP contribution >= 0.6 is 0 Å². The molecule has 0 unspecified atom stereocenters. The van der Waals surface area contributed by atoms with Crippen LogP contribution in [0.3, 0.4) is 0 Å². The van der Waals surface area contributed by atoms with Crippen molar-refractivity contribution in [1.82, 2.24) is 9.97 Å². The van der Waals surface area contributed by atoms with E-state index in [4.69, 9.17) is 4.98 Å². The Kier molecular flexibility index (Phi) is 3.54. The molecule has 2 fully saturated rings. The maximum Gasteiger partial charge on any atom is 0.136 e. The van der Waals surface area contributed by atoms with Crippen molar-refractivity contribution in [2.45, 2.75) is 45.4 Å². The van der Waals surface area contributed by atoms with Gasteiger partial charge in [-0.15, -0.1) is 0 Å². The van der Waals surface area contributed by atoms with Crippen LogP contribution in [0, 0.1) is 12.3 Å². The fourth-order valence-electron chi connectivity index (χ4n) is 2.41. The number of nitrogens with zero attached hydrogens (tertiary/aromatic N) is 2. The lowest BCUT2D eigenvalue weighted by Crippen LogP contribution is -2.21. The van der Waals surface area contributed by atoms with Crippen molar-refractivity contribution >= 4 is 11.6 Å². The summed E-state index contributed by atoms with van der Waals surface area (Å²) < 4.78 is 0. The summed E-state index contributed by atoms with van der Waals surface area (Å²) in [5, 5.41) is 16.2. The third kappa shape index (κ3) is 2.73. The molecule has 20 heavy (non-hydrogen) atoms. The summed E-state index contributed by atoms with van der Waals surface area (Å²) in [6.07, 6.45) is 4.62. The van der Waals surface area contributed by atoms with E-state index in [1.807, 2.05) is 0 Å². The Bertz CT molecular complexity index is 495. The van der Waals surface area contributed by atoms with Crippen LogP contribution in [0.4, 0.5) is 11.6 Å². The molecule has 5 heteroatoms. The maximum atomic E-state index is 9.41. The minimum Gasteiger partial charge on any atom is -0.396 e. The Morgan fingerprint density at radius 2 is 1.85 bits per heavy atom. The lowest BCUT2D eigenvalue weighted by molar-refractivity contribution is 0.219. The number of aliphatic hydroxyl groups excluding tert-OH is 1. The Morgan fingerprint density at radius 3 is 2.35 bits per heavy atom. The molecular formula is C15H24N4O. The summed E-state index contributed by atoms with van der Waals surface area (Å²) in [6.45, 7) is 6.06. The van der Waals surface area contributed by atoms with Crippen molar-refractivity contribution in [2.75, 3.05) is 30.3 Å². The van der Waals surface area contributed by atoms with Gasteiger partial charge in [0.1, 0.15) is 17.5 Å². The number of rotatable bonds is 7. The van der Waals surface area contributed by atoms with Crippen molar-refractivity contribution in [3.63, 3.8) is 0 Å². The Morgan fingerprint density at radius 1 is 1.20 bits per heavy atom. The summed E-state index contributed by atoms with van der Waals surface area (Å²) in [5.41, 5.74) is 1.17. The van der Waals surface area contributed by atoms with Crippen LogP contribution in [0.5, 0.6) is 0 Å². The Balaban J connectivity index is 1.80. The van der Waals surface area contributed by atoms with Crippen LogP contribution < -0.4 is 10.6 Å². The maximum absolute atomic E-state index is 9.41. The molecule has 1 heterocycles. The molecule has 0 bridgehead atoms. The molecule has 1 aromatic heterocycles. The van der Waals surface area contributed by atoms with Crippen molar-refractivity contribution in [2.24, 2.45) is 5.41 Å². The number of anilines is 2. The number of hydrogen-bond donors (Lipinski definition) is 3. The van der Waals surface area contributed by atoms with Gasteiger partial charge in [-0.2, -0.15) is 0 Å². The number of nitrogens with one attached hydrogen (secondary N) is 2. The monoisotopic (exact) mass is 276 g/mol. The third-order valence-electron chi connectivity index (χ3n) is 4.37. The highest BCUT2D eigenvalue weighted by Gasteiger charge is 2.42. The van der Waals surface area contributed by atoms with Gasteiger partial charge in [0.05, 0.1) is 6.61 Å². The summed E-state index contributed by atoms with van der Waals surface area (Å²) in [4.78, 5) is 9.35. The molecule has 0 spiro atoms. The minimum absolute atomic E-state index is 0.0927. The van der Waals surface area contributed by atoms with E-state index in [-0.39, 0.29) is 12.0 Å². The molecule has 3 N–H and O–H groups in total. The van der Waals surface area contributed by atoms with Gasteiger partial charge in [-0.05, 0) is 39.5 Å². The van der Waals surface area contributed by atoms with Crippen molar-refractivity contribution in [1.29, 1.82) is 0 Å². The van der Waals surface area contributed by atoms with Crippen LogP contribution in [0.25, 0.3) is 0 Å². The third-order valence-corrected chi connectivity index (χ3v) is 4.37. The van der Waals surface area contributed by atoms with Crippen LogP contribution in [0.1, 0.15) is 49.9 Å². The highest BCUT2D eigenvalue weighted by molar-refractivity contribution is 5.57.